The normalized spacial score (nSPS) is 18.5. The van der Waals surface area contributed by atoms with Crippen LogP contribution in [0.1, 0.15) is 24.5 Å². The van der Waals surface area contributed by atoms with Crippen molar-refractivity contribution in [2.24, 2.45) is 0 Å². The van der Waals surface area contributed by atoms with Crippen molar-refractivity contribution in [3.8, 4) is 0 Å². The molecule has 1 heterocycles. The number of amides is 1. The number of halogens is 2. The number of carbonyl (C=O) groups excluding carboxylic acids is 1. The monoisotopic (exact) mass is 465 g/mol. The number of fused-ring (bicyclic) bond motifs is 1. The second-order valence-corrected chi connectivity index (χ2v) is 10.4. The number of benzene rings is 2. The van der Waals surface area contributed by atoms with Crippen LogP contribution in [0.25, 0.3) is 0 Å². The van der Waals surface area contributed by atoms with Crippen molar-refractivity contribution in [3.63, 3.8) is 0 Å². The number of nitrogens with one attached hydrogen (secondary N) is 1. The molecule has 4 rings (SSSR count). The minimum absolute atomic E-state index is 0.130. The van der Waals surface area contributed by atoms with Crippen LogP contribution in [0.4, 0.5) is 10.1 Å². The van der Waals surface area contributed by atoms with E-state index in [0.29, 0.717) is 36.8 Å². The van der Waals surface area contributed by atoms with Crippen molar-refractivity contribution in [1.29, 1.82) is 0 Å². The van der Waals surface area contributed by atoms with Crippen LogP contribution in [-0.2, 0) is 27.7 Å². The zero-order valence-corrected chi connectivity index (χ0v) is 18.8. The number of sulfonamides is 1. The van der Waals surface area contributed by atoms with Gasteiger partial charge in [-0.15, -0.1) is 0 Å². The summed E-state index contributed by atoms with van der Waals surface area (Å²) in [5.74, 6) is -0.750. The lowest BCUT2D eigenvalue weighted by molar-refractivity contribution is -0.121. The fraction of sp³-hybridized carbons (Fsp3) is 0.409. The first-order valence-electron chi connectivity index (χ1n) is 10.4. The molecule has 1 amide bonds. The van der Waals surface area contributed by atoms with Crippen molar-refractivity contribution >= 4 is 33.2 Å². The number of anilines is 1. The molecule has 2 aromatic carbocycles. The number of nitrogens with zero attached hydrogens (tertiary/aromatic N) is 2. The molecule has 9 heteroatoms. The van der Waals surface area contributed by atoms with E-state index < -0.39 is 21.9 Å². The smallest absolute Gasteiger partial charge is 0.243 e. The maximum atomic E-state index is 13.2. The van der Waals surface area contributed by atoms with Gasteiger partial charge in [0.05, 0.1) is 21.6 Å². The van der Waals surface area contributed by atoms with Crippen LogP contribution in [0.2, 0.25) is 5.02 Å². The van der Waals surface area contributed by atoms with Gasteiger partial charge in [-0.3, -0.25) is 9.69 Å². The molecular formula is C22H25ClFN3O3S. The Hall–Kier alpha value is -2.00. The van der Waals surface area contributed by atoms with Gasteiger partial charge in [-0.1, -0.05) is 17.7 Å². The van der Waals surface area contributed by atoms with Crippen LogP contribution in [-0.4, -0.2) is 55.8 Å². The number of hydrogen-bond acceptors (Lipinski definition) is 4. The topological polar surface area (TPSA) is 69.7 Å². The largest absolute Gasteiger partial charge is 0.323 e. The molecule has 0 unspecified atom stereocenters. The lowest BCUT2D eigenvalue weighted by atomic mass is 10.1. The second-order valence-electron chi connectivity index (χ2n) is 8.01. The molecule has 1 aliphatic carbocycles. The third-order valence-corrected chi connectivity index (χ3v) is 8.30. The van der Waals surface area contributed by atoms with Gasteiger partial charge < -0.3 is 5.32 Å². The van der Waals surface area contributed by atoms with E-state index in [4.69, 9.17) is 11.6 Å². The highest BCUT2D eigenvalue weighted by Crippen LogP contribution is 2.27. The molecule has 2 aromatic rings. The van der Waals surface area contributed by atoms with Gasteiger partial charge in [0.1, 0.15) is 5.82 Å². The molecule has 1 saturated heterocycles. The summed E-state index contributed by atoms with van der Waals surface area (Å²) in [6.45, 7) is 3.27. The standard InChI is InChI=1S/C22H25ClFN3O3S/c1-15(22(28)25-21-8-6-18(24)14-20(21)23)26-9-11-27(12-10-26)31(29,30)19-7-5-16-3-2-4-17(16)13-19/h5-8,13-15H,2-4,9-12H2,1H3,(H,25,28)/t15-/m1/s1. The number of piperazine rings is 1. The summed E-state index contributed by atoms with van der Waals surface area (Å²) in [6, 6.07) is 8.76. The molecule has 31 heavy (non-hydrogen) atoms. The van der Waals surface area contributed by atoms with Crippen LogP contribution in [0.15, 0.2) is 41.3 Å². The van der Waals surface area contributed by atoms with Crippen molar-refractivity contribution in [3.05, 3.63) is 58.4 Å². The van der Waals surface area contributed by atoms with Gasteiger partial charge in [-0.05, 0) is 67.6 Å². The summed E-state index contributed by atoms with van der Waals surface area (Å²) in [4.78, 5) is 14.9. The molecule has 0 bridgehead atoms. The van der Waals surface area contributed by atoms with Crippen molar-refractivity contribution in [2.75, 3.05) is 31.5 Å². The Morgan fingerprint density at radius 2 is 1.77 bits per heavy atom. The number of aryl methyl sites for hydroxylation is 2. The number of hydrogen-bond donors (Lipinski definition) is 1. The summed E-state index contributed by atoms with van der Waals surface area (Å²) in [7, 11) is -3.56. The average Bonchev–Trinajstić information content (AvgIpc) is 3.23. The van der Waals surface area contributed by atoms with E-state index in [1.807, 2.05) is 17.0 Å². The van der Waals surface area contributed by atoms with E-state index in [0.717, 1.165) is 30.9 Å². The molecule has 0 spiro atoms. The summed E-state index contributed by atoms with van der Waals surface area (Å²) in [5, 5.41) is 2.84. The average molecular weight is 466 g/mol. The molecule has 2 aliphatic rings. The maximum Gasteiger partial charge on any atom is 0.243 e. The Morgan fingerprint density at radius 1 is 1.06 bits per heavy atom. The van der Waals surface area contributed by atoms with Crippen molar-refractivity contribution in [2.45, 2.75) is 37.1 Å². The summed E-state index contributed by atoms with van der Waals surface area (Å²) in [5.41, 5.74) is 2.71. The minimum Gasteiger partial charge on any atom is -0.323 e. The first-order chi connectivity index (χ1) is 14.8. The van der Waals surface area contributed by atoms with Gasteiger partial charge in [0.2, 0.25) is 15.9 Å². The highest BCUT2D eigenvalue weighted by molar-refractivity contribution is 7.89. The van der Waals surface area contributed by atoms with Crippen molar-refractivity contribution in [1.82, 2.24) is 9.21 Å². The Bertz CT molecular complexity index is 1100. The molecular weight excluding hydrogens is 441 g/mol. The van der Waals surface area contributed by atoms with E-state index in [9.17, 15) is 17.6 Å². The fourth-order valence-corrected chi connectivity index (χ4v) is 5.87. The third-order valence-electron chi connectivity index (χ3n) is 6.10. The van der Waals surface area contributed by atoms with Crippen LogP contribution in [0, 0.1) is 5.82 Å². The molecule has 1 atom stereocenters. The van der Waals surface area contributed by atoms with Gasteiger partial charge in [-0.2, -0.15) is 4.31 Å². The third kappa shape index (κ3) is 4.62. The SMILES string of the molecule is C[C@H](C(=O)Nc1ccc(F)cc1Cl)N1CCN(S(=O)(=O)c2ccc3c(c2)CCC3)CC1. The van der Waals surface area contributed by atoms with Gasteiger partial charge in [0.15, 0.2) is 0 Å². The highest BCUT2D eigenvalue weighted by atomic mass is 35.5. The van der Waals surface area contributed by atoms with Crippen LogP contribution < -0.4 is 5.32 Å². The molecule has 6 nitrogen and oxygen atoms in total. The highest BCUT2D eigenvalue weighted by Gasteiger charge is 2.32. The lowest BCUT2D eigenvalue weighted by Gasteiger charge is -2.36. The molecule has 1 N–H and O–H groups in total. The lowest BCUT2D eigenvalue weighted by Crippen LogP contribution is -2.53. The van der Waals surface area contributed by atoms with Gasteiger partial charge in [-0.25, -0.2) is 12.8 Å². The Labute approximate surface area is 187 Å². The van der Waals surface area contributed by atoms with E-state index in [1.54, 1.807) is 13.0 Å². The molecule has 0 aromatic heterocycles. The maximum absolute atomic E-state index is 13.2. The van der Waals surface area contributed by atoms with E-state index >= 15 is 0 Å². The molecule has 1 fully saturated rings. The summed E-state index contributed by atoms with van der Waals surface area (Å²) in [6.07, 6.45) is 3.01. The molecule has 0 saturated carbocycles. The zero-order chi connectivity index (χ0) is 22.2. The predicted octanol–water partition coefficient (Wildman–Crippen LogP) is 3.30. The molecule has 166 valence electrons. The van der Waals surface area contributed by atoms with Gasteiger partial charge in [0.25, 0.3) is 0 Å². The van der Waals surface area contributed by atoms with Gasteiger partial charge in [0, 0.05) is 26.2 Å². The Balaban J connectivity index is 1.38. The number of carbonyl (C=O) groups is 1. The first-order valence-corrected chi connectivity index (χ1v) is 12.2. The Kier molecular flexibility index (Phi) is 6.35. The van der Waals surface area contributed by atoms with Crippen LogP contribution in [0.5, 0.6) is 0 Å². The summed E-state index contributed by atoms with van der Waals surface area (Å²) >= 11 is 5.99. The predicted molar refractivity (Wildman–Crippen MR) is 118 cm³/mol. The van der Waals surface area contributed by atoms with Crippen molar-refractivity contribution < 1.29 is 17.6 Å². The number of rotatable bonds is 5. The van der Waals surface area contributed by atoms with E-state index in [1.165, 1.54) is 22.0 Å². The fourth-order valence-electron chi connectivity index (χ4n) is 4.18. The minimum atomic E-state index is -3.56. The van der Waals surface area contributed by atoms with E-state index in [-0.39, 0.29) is 10.9 Å². The first kappa shape index (κ1) is 22.2. The summed E-state index contributed by atoms with van der Waals surface area (Å²) < 4.78 is 40.9. The van der Waals surface area contributed by atoms with Crippen LogP contribution >= 0.6 is 11.6 Å². The second kappa shape index (κ2) is 8.86. The zero-order valence-electron chi connectivity index (χ0n) is 17.3. The quantitative estimate of drug-likeness (QED) is 0.735. The van der Waals surface area contributed by atoms with Crippen LogP contribution in [0.3, 0.4) is 0 Å². The molecule has 1 aliphatic heterocycles. The van der Waals surface area contributed by atoms with Gasteiger partial charge >= 0.3 is 0 Å². The molecule has 0 radical (unpaired) electrons. The Morgan fingerprint density at radius 3 is 2.48 bits per heavy atom. The van der Waals surface area contributed by atoms with E-state index in [2.05, 4.69) is 5.32 Å².